The van der Waals surface area contributed by atoms with E-state index >= 15 is 0 Å². The van der Waals surface area contributed by atoms with Crippen molar-refractivity contribution in [2.24, 2.45) is 0 Å². The molecule has 7 nitrogen and oxygen atoms in total. The third-order valence-electron chi connectivity index (χ3n) is 6.05. The van der Waals surface area contributed by atoms with E-state index in [4.69, 9.17) is 10.00 Å². The van der Waals surface area contributed by atoms with Gasteiger partial charge in [-0.05, 0) is 86.7 Å². The van der Waals surface area contributed by atoms with Gasteiger partial charge in [-0.2, -0.15) is 5.26 Å². The van der Waals surface area contributed by atoms with E-state index in [1.807, 2.05) is 19.9 Å². The van der Waals surface area contributed by atoms with E-state index in [1.165, 1.54) is 41.8 Å². The molecular weight excluding hydrogens is 430 g/mol. The number of amides is 1. The Morgan fingerprint density at radius 3 is 2.50 bits per heavy atom. The van der Waals surface area contributed by atoms with E-state index in [0.29, 0.717) is 11.3 Å². The molecule has 1 aliphatic carbocycles. The molecular formula is C27H25N3O4. The van der Waals surface area contributed by atoms with Crippen molar-refractivity contribution in [2.45, 2.75) is 39.5 Å². The summed E-state index contributed by atoms with van der Waals surface area (Å²) in [6, 6.07) is 16.1. The number of carbonyl (C=O) groups is 3. The third-order valence-corrected chi connectivity index (χ3v) is 6.05. The van der Waals surface area contributed by atoms with Crippen LogP contribution >= 0.6 is 0 Å². The summed E-state index contributed by atoms with van der Waals surface area (Å²) in [5.41, 5.74) is 6.80. The zero-order valence-corrected chi connectivity index (χ0v) is 19.2. The number of rotatable bonds is 7. The van der Waals surface area contributed by atoms with E-state index in [2.05, 4.69) is 28.1 Å². The first-order valence-electron chi connectivity index (χ1n) is 11.2. The fraction of sp³-hybridized carbons (Fsp3) is 0.259. The van der Waals surface area contributed by atoms with Crippen LogP contribution in [-0.4, -0.2) is 28.8 Å². The molecule has 0 fully saturated rings. The number of hydrogen-bond acceptors (Lipinski definition) is 5. The van der Waals surface area contributed by atoms with Gasteiger partial charge in [0.25, 0.3) is 0 Å². The molecule has 172 valence electrons. The number of esters is 1. The van der Waals surface area contributed by atoms with Crippen LogP contribution in [0.5, 0.6) is 0 Å². The molecule has 1 heterocycles. The molecule has 1 aliphatic rings. The Kier molecular flexibility index (Phi) is 6.60. The predicted molar refractivity (Wildman–Crippen MR) is 127 cm³/mol. The highest BCUT2D eigenvalue weighted by atomic mass is 16.5. The van der Waals surface area contributed by atoms with Crippen molar-refractivity contribution in [1.82, 2.24) is 4.57 Å². The minimum absolute atomic E-state index is 0.251. The largest absolute Gasteiger partial charge is 0.454 e. The average Bonchev–Trinajstić information content (AvgIpc) is 3.41. The van der Waals surface area contributed by atoms with Gasteiger partial charge in [0.05, 0.1) is 11.6 Å². The van der Waals surface area contributed by atoms with Crippen molar-refractivity contribution in [3.8, 4) is 11.8 Å². The van der Waals surface area contributed by atoms with E-state index < -0.39 is 11.9 Å². The number of nitrogens with one attached hydrogen (secondary N) is 1. The molecule has 1 aromatic heterocycles. The summed E-state index contributed by atoms with van der Waals surface area (Å²) in [7, 11) is 0. The molecule has 0 radical (unpaired) electrons. The minimum atomic E-state index is -0.629. The molecule has 3 aromatic rings. The number of ether oxygens (including phenoxy) is 1. The van der Waals surface area contributed by atoms with Crippen molar-refractivity contribution < 1.29 is 19.1 Å². The maximum Gasteiger partial charge on any atom is 0.338 e. The van der Waals surface area contributed by atoms with E-state index in [1.54, 1.807) is 6.07 Å². The lowest BCUT2D eigenvalue weighted by Crippen LogP contribution is -2.15. The zero-order valence-electron chi connectivity index (χ0n) is 19.2. The van der Waals surface area contributed by atoms with Crippen molar-refractivity contribution in [1.29, 1.82) is 5.26 Å². The summed E-state index contributed by atoms with van der Waals surface area (Å²) in [5, 5.41) is 11.1. The Balaban J connectivity index is 1.41. The van der Waals surface area contributed by atoms with Crippen LogP contribution in [0.4, 0.5) is 5.69 Å². The van der Waals surface area contributed by atoms with Crippen LogP contribution in [0.15, 0.2) is 48.5 Å². The predicted octanol–water partition coefficient (Wildman–Crippen LogP) is 4.47. The smallest absolute Gasteiger partial charge is 0.338 e. The number of aromatic nitrogens is 1. The Hall–Kier alpha value is -4.18. The summed E-state index contributed by atoms with van der Waals surface area (Å²) in [4.78, 5) is 36.7. The highest BCUT2D eigenvalue weighted by molar-refractivity contribution is 6.00. The van der Waals surface area contributed by atoms with Crippen LogP contribution in [0, 0.1) is 25.2 Å². The fourth-order valence-corrected chi connectivity index (χ4v) is 4.40. The van der Waals surface area contributed by atoms with Gasteiger partial charge in [-0.3, -0.25) is 9.59 Å². The number of benzene rings is 2. The van der Waals surface area contributed by atoms with Crippen LogP contribution in [0.25, 0.3) is 5.69 Å². The van der Waals surface area contributed by atoms with Gasteiger partial charge in [0, 0.05) is 28.3 Å². The van der Waals surface area contributed by atoms with Crippen LogP contribution in [0.2, 0.25) is 0 Å². The molecule has 0 unspecified atom stereocenters. The summed E-state index contributed by atoms with van der Waals surface area (Å²) >= 11 is 0. The third kappa shape index (κ3) is 4.76. The Labute approximate surface area is 198 Å². The van der Waals surface area contributed by atoms with Gasteiger partial charge in [0.15, 0.2) is 6.61 Å². The van der Waals surface area contributed by atoms with Gasteiger partial charge in [-0.1, -0.05) is 6.07 Å². The zero-order chi connectivity index (χ0) is 24.2. The summed E-state index contributed by atoms with van der Waals surface area (Å²) in [6.07, 6.45) is 3.12. The Morgan fingerprint density at radius 1 is 1.03 bits per heavy atom. The summed E-state index contributed by atoms with van der Waals surface area (Å²) < 4.78 is 7.31. The first kappa shape index (κ1) is 23.0. The second kappa shape index (κ2) is 9.75. The number of carbonyl (C=O) groups excluding carboxylic acids is 3. The molecule has 4 rings (SSSR count). The molecule has 0 saturated carbocycles. The highest BCUT2D eigenvalue weighted by Crippen LogP contribution is 2.27. The van der Waals surface area contributed by atoms with Gasteiger partial charge in [0.2, 0.25) is 11.7 Å². The Morgan fingerprint density at radius 2 is 1.76 bits per heavy atom. The van der Waals surface area contributed by atoms with Crippen LogP contribution in [0.3, 0.4) is 0 Å². The maximum atomic E-state index is 12.9. The summed E-state index contributed by atoms with van der Waals surface area (Å²) in [5.74, 6) is -1.33. The SMILES string of the molecule is Cc1cc(C(=O)COC(=O)c2ccc(NC(=O)CC#N)cc2)c(C)n1-c1ccc2c(c1)CCC2. The quantitative estimate of drug-likeness (QED) is 0.418. The van der Waals surface area contributed by atoms with Gasteiger partial charge in [-0.25, -0.2) is 4.79 Å². The molecule has 0 atom stereocenters. The van der Waals surface area contributed by atoms with Crippen LogP contribution in [0.1, 0.15) is 56.1 Å². The number of fused-ring (bicyclic) bond motifs is 1. The molecule has 34 heavy (non-hydrogen) atoms. The number of nitrogens with zero attached hydrogens (tertiary/aromatic N) is 2. The lowest BCUT2D eigenvalue weighted by atomic mass is 10.1. The topological polar surface area (TPSA) is 101 Å². The maximum absolute atomic E-state index is 12.9. The molecule has 0 saturated heterocycles. The Bertz CT molecular complexity index is 1310. The number of nitriles is 1. The number of ketones is 1. The molecule has 0 bridgehead atoms. The number of Topliss-reactive ketones (excluding diaryl/α,β-unsaturated/α-hetero) is 1. The average molecular weight is 456 g/mol. The minimum Gasteiger partial charge on any atom is -0.454 e. The van der Waals surface area contributed by atoms with Crippen molar-refractivity contribution in [3.63, 3.8) is 0 Å². The van der Waals surface area contributed by atoms with E-state index in [0.717, 1.165) is 29.9 Å². The van der Waals surface area contributed by atoms with Gasteiger partial charge in [0.1, 0.15) is 6.42 Å². The van der Waals surface area contributed by atoms with Crippen LogP contribution in [-0.2, 0) is 22.4 Å². The van der Waals surface area contributed by atoms with Gasteiger partial charge in [-0.15, -0.1) is 0 Å². The molecule has 2 aromatic carbocycles. The fourth-order valence-electron chi connectivity index (χ4n) is 4.40. The van der Waals surface area contributed by atoms with Crippen molar-refractivity contribution in [3.05, 3.63) is 82.2 Å². The van der Waals surface area contributed by atoms with Gasteiger partial charge < -0.3 is 14.6 Å². The molecule has 7 heteroatoms. The second-order valence-corrected chi connectivity index (χ2v) is 8.39. The molecule has 0 spiro atoms. The lowest BCUT2D eigenvalue weighted by molar-refractivity contribution is -0.115. The van der Waals surface area contributed by atoms with Crippen molar-refractivity contribution in [2.75, 3.05) is 11.9 Å². The standard InChI is InChI=1S/C27H25N3O4/c1-17-14-24(18(2)30(17)23-11-8-19-4-3-5-21(19)15-23)25(31)16-34-27(33)20-6-9-22(10-7-20)29-26(32)12-13-28/h6-11,14-15H,3-5,12,16H2,1-2H3,(H,29,32). The first-order chi connectivity index (χ1) is 16.4. The molecule has 0 aliphatic heterocycles. The van der Waals surface area contributed by atoms with Crippen LogP contribution < -0.4 is 5.32 Å². The van der Waals surface area contributed by atoms with Crippen molar-refractivity contribution >= 4 is 23.3 Å². The number of aryl methyl sites for hydroxylation is 3. The number of anilines is 1. The normalized spacial score (nSPS) is 12.0. The number of hydrogen-bond donors (Lipinski definition) is 1. The van der Waals surface area contributed by atoms with E-state index in [9.17, 15) is 14.4 Å². The molecule has 1 N–H and O–H groups in total. The molecule has 1 amide bonds. The first-order valence-corrected chi connectivity index (χ1v) is 11.2. The highest BCUT2D eigenvalue weighted by Gasteiger charge is 2.20. The lowest BCUT2D eigenvalue weighted by Gasteiger charge is -2.12. The van der Waals surface area contributed by atoms with Gasteiger partial charge >= 0.3 is 5.97 Å². The monoisotopic (exact) mass is 455 g/mol. The summed E-state index contributed by atoms with van der Waals surface area (Å²) in [6.45, 7) is 3.49. The second-order valence-electron chi connectivity index (χ2n) is 8.39. The van der Waals surface area contributed by atoms with E-state index in [-0.39, 0.29) is 24.4 Å².